The van der Waals surface area contributed by atoms with Crippen LogP contribution >= 0.6 is 0 Å². The summed E-state index contributed by atoms with van der Waals surface area (Å²) in [5, 5.41) is 15.7. The topological polar surface area (TPSA) is 78.4 Å². The van der Waals surface area contributed by atoms with Crippen LogP contribution in [0, 0.1) is 0 Å². The molecular weight excluding hydrogens is 304 g/mol. The third-order valence-corrected chi connectivity index (χ3v) is 3.88. The molecule has 0 bridgehead atoms. The number of hydrogen-bond acceptors (Lipinski definition) is 5. The van der Waals surface area contributed by atoms with Crippen molar-refractivity contribution in [2.75, 3.05) is 10.6 Å². The van der Waals surface area contributed by atoms with E-state index in [0.717, 1.165) is 0 Å². The highest BCUT2D eigenvalue weighted by Crippen LogP contribution is 2.36. The first-order chi connectivity index (χ1) is 11.4. The lowest BCUT2D eigenvalue weighted by Gasteiger charge is -2.25. The molecule has 3 N–H and O–H groups in total. The lowest BCUT2D eigenvalue weighted by Crippen LogP contribution is -2.26. The molecule has 5 nitrogen and oxygen atoms in total. The molecule has 0 aliphatic heterocycles. The predicted molar refractivity (Wildman–Crippen MR) is 93.8 cm³/mol. The maximum Gasteiger partial charge on any atom is 0.196 e. The van der Waals surface area contributed by atoms with Gasteiger partial charge in [0.05, 0.1) is 11.1 Å². The van der Waals surface area contributed by atoms with Crippen LogP contribution in [0.25, 0.3) is 0 Å². The van der Waals surface area contributed by atoms with Gasteiger partial charge in [0.15, 0.2) is 11.6 Å². The highest BCUT2D eigenvalue weighted by Gasteiger charge is 2.34. The molecule has 0 spiro atoms. The fraction of sp³-hybridized carbons (Fsp3) is 0.263. The quantitative estimate of drug-likeness (QED) is 0.643. The number of aliphatic hydroxyl groups is 1. The second-order valence-electron chi connectivity index (χ2n) is 6.23. The number of ketones is 2. The van der Waals surface area contributed by atoms with Crippen molar-refractivity contribution >= 4 is 22.9 Å². The SMILES string of the molecule is CC(C)Nc1ccc(NC(C)O)c2c1C(=O)c1ccccc1C2=O. The van der Waals surface area contributed by atoms with Crippen LogP contribution in [0.4, 0.5) is 11.4 Å². The van der Waals surface area contributed by atoms with Gasteiger partial charge in [0, 0.05) is 28.5 Å². The number of carbonyl (C=O) groups excluding carboxylic acids is 2. The molecule has 2 aromatic carbocycles. The van der Waals surface area contributed by atoms with E-state index in [-0.39, 0.29) is 17.6 Å². The first-order valence-electron chi connectivity index (χ1n) is 7.96. The number of nitrogens with one attached hydrogen (secondary N) is 2. The van der Waals surface area contributed by atoms with Gasteiger partial charge in [0.25, 0.3) is 0 Å². The number of carbonyl (C=O) groups is 2. The molecule has 24 heavy (non-hydrogen) atoms. The molecule has 1 unspecified atom stereocenters. The third kappa shape index (κ3) is 2.67. The van der Waals surface area contributed by atoms with Gasteiger partial charge in [0.2, 0.25) is 0 Å². The van der Waals surface area contributed by atoms with Crippen LogP contribution in [0.2, 0.25) is 0 Å². The van der Waals surface area contributed by atoms with Crippen molar-refractivity contribution in [2.45, 2.75) is 33.0 Å². The van der Waals surface area contributed by atoms with Crippen LogP contribution in [0.15, 0.2) is 36.4 Å². The van der Waals surface area contributed by atoms with Crippen LogP contribution in [0.1, 0.15) is 52.6 Å². The first-order valence-corrected chi connectivity index (χ1v) is 7.96. The van der Waals surface area contributed by atoms with E-state index in [2.05, 4.69) is 10.6 Å². The van der Waals surface area contributed by atoms with Gasteiger partial charge in [-0.05, 0) is 32.9 Å². The Morgan fingerprint density at radius 3 is 1.67 bits per heavy atom. The van der Waals surface area contributed by atoms with Crippen molar-refractivity contribution in [1.29, 1.82) is 0 Å². The van der Waals surface area contributed by atoms with Crippen molar-refractivity contribution < 1.29 is 14.7 Å². The Balaban J connectivity index is 2.26. The minimum Gasteiger partial charge on any atom is -0.382 e. The van der Waals surface area contributed by atoms with Crippen molar-refractivity contribution in [3.63, 3.8) is 0 Å². The second kappa shape index (κ2) is 6.09. The first kappa shape index (κ1) is 16.2. The molecule has 0 saturated heterocycles. The summed E-state index contributed by atoms with van der Waals surface area (Å²) in [6, 6.07) is 10.4. The van der Waals surface area contributed by atoms with Gasteiger partial charge in [-0.1, -0.05) is 24.3 Å². The molecule has 5 heteroatoms. The summed E-state index contributed by atoms with van der Waals surface area (Å²) >= 11 is 0. The number of hydrogen-bond donors (Lipinski definition) is 3. The van der Waals surface area contributed by atoms with E-state index in [0.29, 0.717) is 33.6 Å². The highest BCUT2D eigenvalue weighted by atomic mass is 16.3. The molecular formula is C19H20N2O3. The van der Waals surface area contributed by atoms with E-state index < -0.39 is 6.23 Å². The lowest BCUT2D eigenvalue weighted by atomic mass is 9.82. The fourth-order valence-corrected chi connectivity index (χ4v) is 3.00. The predicted octanol–water partition coefficient (Wildman–Crippen LogP) is 3.03. The molecule has 2 aromatic rings. The Hall–Kier alpha value is -2.66. The van der Waals surface area contributed by atoms with Gasteiger partial charge >= 0.3 is 0 Å². The largest absolute Gasteiger partial charge is 0.382 e. The van der Waals surface area contributed by atoms with Gasteiger partial charge in [-0.25, -0.2) is 0 Å². The monoisotopic (exact) mass is 324 g/mol. The maximum absolute atomic E-state index is 13.0. The summed E-state index contributed by atoms with van der Waals surface area (Å²) in [4.78, 5) is 26.0. The summed E-state index contributed by atoms with van der Waals surface area (Å²) in [6.45, 7) is 5.50. The van der Waals surface area contributed by atoms with Crippen molar-refractivity contribution in [2.24, 2.45) is 0 Å². The molecule has 3 rings (SSSR count). The van der Waals surface area contributed by atoms with Crippen molar-refractivity contribution in [1.82, 2.24) is 0 Å². The van der Waals surface area contributed by atoms with Crippen LogP contribution in [-0.2, 0) is 0 Å². The Kier molecular flexibility index (Phi) is 4.11. The number of fused-ring (bicyclic) bond motifs is 2. The summed E-state index contributed by atoms with van der Waals surface area (Å²) in [7, 11) is 0. The van der Waals surface area contributed by atoms with Crippen LogP contribution < -0.4 is 10.6 Å². The zero-order chi connectivity index (χ0) is 17.4. The molecule has 0 aromatic heterocycles. The standard InChI is InChI=1S/C19H20N2O3/c1-10(2)20-14-8-9-15(21-11(3)22)17-16(14)18(23)12-6-4-5-7-13(12)19(17)24/h4-11,20-22H,1-3H3. The normalized spacial score (nSPS) is 14.2. The number of benzene rings is 2. The number of rotatable bonds is 4. The maximum atomic E-state index is 13.0. The van der Waals surface area contributed by atoms with Gasteiger partial charge in [-0.2, -0.15) is 0 Å². The fourth-order valence-electron chi connectivity index (χ4n) is 3.00. The van der Waals surface area contributed by atoms with Crippen LogP contribution in [0.3, 0.4) is 0 Å². The van der Waals surface area contributed by atoms with Gasteiger partial charge in [0.1, 0.15) is 6.23 Å². The minimum atomic E-state index is -0.835. The van der Waals surface area contributed by atoms with Crippen LogP contribution in [-0.4, -0.2) is 28.9 Å². The number of aliphatic hydroxyl groups excluding tert-OH is 1. The summed E-state index contributed by atoms with van der Waals surface area (Å²) in [6.07, 6.45) is -0.835. The van der Waals surface area contributed by atoms with E-state index in [1.807, 2.05) is 13.8 Å². The van der Waals surface area contributed by atoms with Gasteiger partial charge in [-0.3, -0.25) is 9.59 Å². The van der Waals surface area contributed by atoms with E-state index >= 15 is 0 Å². The molecule has 1 atom stereocenters. The van der Waals surface area contributed by atoms with Crippen molar-refractivity contribution in [3.05, 3.63) is 58.7 Å². The molecule has 0 radical (unpaired) electrons. The zero-order valence-corrected chi connectivity index (χ0v) is 13.9. The van der Waals surface area contributed by atoms with Crippen molar-refractivity contribution in [3.8, 4) is 0 Å². The zero-order valence-electron chi connectivity index (χ0n) is 13.9. The molecule has 0 amide bonds. The number of anilines is 2. The Bertz CT molecular complexity index is 757. The molecule has 1 aliphatic carbocycles. The second-order valence-corrected chi connectivity index (χ2v) is 6.23. The van der Waals surface area contributed by atoms with E-state index in [9.17, 15) is 14.7 Å². The average molecular weight is 324 g/mol. The molecule has 1 aliphatic rings. The Labute approximate surface area is 140 Å². The van der Waals surface area contributed by atoms with E-state index in [1.54, 1.807) is 43.3 Å². The molecule has 0 heterocycles. The summed E-state index contributed by atoms with van der Waals surface area (Å²) in [5.74, 6) is -0.395. The lowest BCUT2D eigenvalue weighted by molar-refractivity contribution is 0.0980. The van der Waals surface area contributed by atoms with Gasteiger partial charge < -0.3 is 15.7 Å². The van der Waals surface area contributed by atoms with E-state index in [1.165, 1.54) is 0 Å². The Morgan fingerprint density at radius 1 is 0.792 bits per heavy atom. The average Bonchev–Trinajstić information content (AvgIpc) is 2.53. The smallest absolute Gasteiger partial charge is 0.196 e. The minimum absolute atomic E-state index is 0.116. The van der Waals surface area contributed by atoms with E-state index in [4.69, 9.17) is 0 Å². The molecule has 0 fully saturated rings. The highest BCUT2D eigenvalue weighted by molar-refractivity contribution is 6.31. The van der Waals surface area contributed by atoms with Crippen LogP contribution in [0.5, 0.6) is 0 Å². The summed E-state index contributed by atoms with van der Waals surface area (Å²) in [5.41, 5.74) is 2.57. The van der Waals surface area contributed by atoms with Gasteiger partial charge in [-0.15, -0.1) is 0 Å². The summed E-state index contributed by atoms with van der Waals surface area (Å²) < 4.78 is 0. The third-order valence-electron chi connectivity index (χ3n) is 3.88. The molecule has 124 valence electrons. The Morgan fingerprint density at radius 2 is 1.25 bits per heavy atom. The molecule has 0 saturated carbocycles.